The molecule has 0 radical (unpaired) electrons. The summed E-state index contributed by atoms with van der Waals surface area (Å²) in [5, 5.41) is 5.94. The minimum atomic E-state index is -0.176. The lowest BCUT2D eigenvalue weighted by Gasteiger charge is -2.10. The lowest BCUT2D eigenvalue weighted by molar-refractivity contribution is 1.08. The summed E-state index contributed by atoms with van der Waals surface area (Å²) < 4.78 is 0. The molecular formula is C15H16N4OS. The number of hydrogen-bond acceptors (Lipinski definition) is 5. The number of rotatable bonds is 4. The number of nitrogens with one attached hydrogen (secondary N) is 2. The monoisotopic (exact) mass is 300 g/mol. The van der Waals surface area contributed by atoms with Gasteiger partial charge in [0.2, 0.25) is 0 Å². The van der Waals surface area contributed by atoms with E-state index in [1.165, 1.54) is 16.8 Å². The third kappa shape index (κ3) is 2.62. The number of nitrogen functional groups attached to an aromatic ring is 1. The van der Waals surface area contributed by atoms with Crippen LogP contribution in [0.5, 0.6) is 0 Å². The molecule has 0 spiro atoms. The summed E-state index contributed by atoms with van der Waals surface area (Å²) in [6.07, 6.45) is 2.42. The minimum absolute atomic E-state index is 0.176. The number of anilines is 2. The van der Waals surface area contributed by atoms with Crippen molar-refractivity contribution < 1.29 is 0 Å². The molecule has 1 aromatic carbocycles. The molecule has 108 valence electrons. The number of aromatic nitrogens is 2. The van der Waals surface area contributed by atoms with Gasteiger partial charge in [0.1, 0.15) is 0 Å². The van der Waals surface area contributed by atoms with Crippen molar-refractivity contribution in [2.75, 3.05) is 11.1 Å². The highest BCUT2D eigenvalue weighted by Crippen LogP contribution is 2.25. The Labute approximate surface area is 125 Å². The first-order chi connectivity index (χ1) is 10.2. The number of H-pyrrole nitrogens is 1. The molecular weight excluding hydrogens is 284 g/mol. The second-order valence-electron chi connectivity index (χ2n) is 4.76. The van der Waals surface area contributed by atoms with Gasteiger partial charge in [-0.25, -0.2) is 4.98 Å². The Morgan fingerprint density at radius 1 is 1.43 bits per heavy atom. The molecule has 6 heteroatoms. The van der Waals surface area contributed by atoms with Crippen molar-refractivity contribution in [3.63, 3.8) is 0 Å². The van der Waals surface area contributed by atoms with Gasteiger partial charge in [-0.1, -0.05) is 6.92 Å². The summed E-state index contributed by atoms with van der Waals surface area (Å²) in [5.74, 6) is 0. The molecule has 0 atom stereocenters. The summed E-state index contributed by atoms with van der Waals surface area (Å²) in [5.41, 5.74) is 9.19. The molecule has 2 aromatic heterocycles. The molecule has 0 saturated heterocycles. The normalized spacial score (nSPS) is 10.9. The first kappa shape index (κ1) is 13.6. The average Bonchev–Trinajstić information content (AvgIpc) is 2.94. The Hall–Kier alpha value is -2.34. The highest BCUT2D eigenvalue weighted by atomic mass is 32.1. The van der Waals surface area contributed by atoms with Gasteiger partial charge in [0.05, 0.1) is 28.6 Å². The van der Waals surface area contributed by atoms with Gasteiger partial charge in [0.15, 0.2) is 0 Å². The highest BCUT2D eigenvalue weighted by molar-refractivity contribution is 7.10. The fourth-order valence-corrected chi connectivity index (χ4v) is 3.21. The number of thiophene rings is 1. The maximum absolute atomic E-state index is 11.7. The quantitative estimate of drug-likeness (QED) is 0.647. The maximum atomic E-state index is 11.7. The molecule has 0 saturated carbocycles. The Bertz CT molecular complexity index is 837. The van der Waals surface area contributed by atoms with E-state index in [1.807, 2.05) is 6.07 Å². The molecule has 5 nitrogen and oxygen atoms in total. The molecule has 0 aliphatic heterocycles. The van der Waals surface area contributed by atoms with Crippen LogP contribution < -0.4 is 16.6 Å². The highest BCUT2D eigenvalue weighted by Gasteiger charge is 2.07. The molecule has 0 bridgehead atoms. The molecule has 3 aromatic rings. The second kappa shape index (κ2) is 5.57. The molecule has 0 fully saturated rings. The number of fused-ring (bicyclic) bond motifs is 1. The zero-order valence-electron chi connectivity index (χ0n) is 11.6. The number of hydrogen-bond donors (Lipinski definition) is 3. The number of aryl methyl sites for hydroxylation is 1. The summed E-state index contributed by atoms with van der Waals surface area (Å²) >= 11 is 1.73. The van der Waals surface area contributed by atoms with Crippen molar-refractivity contribution in [3.05, 3.63) is 50.7 Å². The first-order valence-corrected chi connectivity index (χ1v) is 7.63. The zero-order chi connectivity index (χ0) is 14.8. The van der Waals surface area contributed by atoms with Crippen molar-refractivity contribution in [1.82, 2.24) is 9.97 Å². The lowest BCUT2D eigenvalue weighted by atomic mass is 10.1. The van der Waals surface area contributed by atoms with E-state index in [9.17, 15) is 4.79 Å². The van der Waals surface area contributed by atoms with E-state index in [4.69, 9.17) is 5.73 Å². The number of nitrogens with two attached hydrogens (primary N) is 1. The van der Waals surface area contributed by atoms with Gasteiger partial charge in [-0.15, -0.1) is 11.3 Å². The molecule has 0 aliphatic carbocycles. The van der Waals surface area contributed by atoms with Crippen LogP contribution in [0.3, 0.4) is 0 Å². The van der Waals surface area contributed by atoms with Crippen LogP contribution in [0.4, 0.5) is 11.4 Å². The molecule has 0 unspecified atom stereocenters. The van der Waals surface area contributed by atoms with Crippen molar-refractivity contribution in [3.8, 4) is 0 Å². The van der Waals surface area contributed by atoms with E-state index in [1.54, 1.807) is 17.4 Å². The van der Waals surface area contributed by atoms with E-state index >= 15 is 0 Å². The zero-order valence-corrected chi connectivity index (χ0v) is 12.5. The summed E-state index contributed by atoms with van der Waals surface area (Å²) in [6.45, 7) is 2.87. The fraction of sp³-hybridized carbons (Fsp3) is 0.200. The van der Waals surface area contributed by atoms with Crippen LogP contribution in [0.1, 0.15) is 17.4 Å². The van der Waals surface area contributed by atoms with E-state index < -0.39 is 0 Å². The number of benzene rings is 1. The van der Waals surface area contributed by atoms with Gasteiger partial charge < -0.3 is 16.0 Å². The summed E-state index contributed by atoms with van der Waals surface area (Å²) in [4.78, 5) is 19.7. The van der Waals surface area contributed by atoms with Gasteiger partial charge in [0.25, 0.3) is 5.56 Å². The largest absolute Gasteiger partial charge is 0.397 e. The third-order valence-corrected chi connectivity index (χ3v) is 4.43. The van der Waals surface area contributed by atoms with Crippen molar-refractivity contribution in [1.29, 1.82) is 0 Å². The van der Waals surface area contributed by atoms with Crippen molar-refractivity contribution in [2.45, 2.75) is 19.9 Å². The molecule has 4 N–H and O–H groups in total. The van der Waals surface area contributed by atoms with E-state index in [0.717, 1.165) is 18.7 Å². The first-order valence-electron chi connectivity index (χ1n) is 6.75. The maximum Gasteiger partial charge on any atom is 0.258 e. The SMILES string of the molecule is CCc1ccsc1CNc1cc2nc[nH]c(=O)c2cc1N. The second-order valence-corrected chi connectivity index (χ2v) is 5.77. The number of aromatic amines is 1. The summed E-state index contributed by atoms with van der Waals surface area (Å²) in [7, 11) is 0. The Kier molecular flexibility index (Phi) is 3.62. The molecule has 3 rings (SSSR count). The van der Waals surface area contributed by atoms with Gasteiger partial charge in [-0.05, 0) is 35.6 Å². The van der Waals surface area contributed by atoms with Gasteiger partial charge in [-0.2, -0.15) is 0 Å². The van der Waals surface area contributed by atoms with Crippen LogP contribution in [0.25, 0.3) is 10.9 Å². The van der Waals surface area contributed by atoms with Crippen LogP contribution in [0, 0.1) is 0 Å². The topological polar surface area (TPSA) is 83.8 Å². The van der Waals surface area contributed by atoms with Crippen LogP contribution in [0.15, 0.2) is 34.7 Å². The van der Waals surface area contributed by atoms with Crippen molar-refractivity contribution >= 4 is 33.6 Å². The van der Waals surface area contributed by atoms with Crippen LogP contribution >= 0.6 is 11.3 Å². The summed E-state index contributed by atoms with van der Waals surface area (Å²) in [6, 6.07) is 5.63. The van der Waals surface area contributed by atoms with E-state index in [-0.39, 0.29) is 5.56 Å². The van der Waals surface area contributed by atoms with E-state index in [0.29, 0.717) is 16.6 Å². The smallest absolute Gasteiger partial charge is 0.258 e. The Morgan fingerprint density at radius 2 is 2.29 bits per heavy atom. The predicted molar refractivity (Wildman–Crippen MR) is 87.8 cm³/mol. The molecule has 21 heavy (non-hydrogen) atoms. The Morgan fingerprint density at radius 3 is 3.10 bits per heavy atom. The van der Waals surface area contributed by atoms with Crippen LogP contribution in [-0.2, 0) is 13.0 Å². The average molecular weight is 300 g/mol. The third-order valence-electron chi connectivity index (χ3n) is 3.47. The van der Waals surface area contributed by atoms with Gasteiger partial charge >= 0.3 is 0 Å². The lowest BCUT2D eigenvalue weighted by Crippen LogP contribution is -2.08. The molecule has 0 aliphatic rings. The van der Waals surface area contributed by atoms with E-state index in [2.05, 4.69) is 33.7 Å². The van der Waals surface area contributed by atoms with Crippen LogP contribution in [-0.4, -0.2) is 9.97 Å². The standard InChI is InChI=1S/C15H16N4OS/c1-2-9-3-4-21-14(9)7-17-13-6-12-10(5-11(13)16)15(20)19-8-18-12/h3-6,8,17H,2,7,16H2,1H3,(H,18,19,20). The van der Waals surface area contributed by atoms with Gasteiger partial charge in [-0.3, -0.25) is 4.79 Å². The van der Waals surface area contributed by atoms with Crippen molar-refractivity contribution in [2.24, 2.45) is 0 Å². The Balaban J connectivity index is 1.91. The number of nitrogens with zero attached hydrogens (tertiary/aromatic N) is 1. The minimum Gasteiger partial charge on any atom is -0.397 e. The molecule has 0 amide bonds. The predicted octanol–water partition coefficient (Wildman–Crippen LogP) is 2.74. The van der Waals surface area contributed by atoms with Crippen LogP contribution in [0.2, 0.25) is 0 Å². The van der Waals surface area contributed by atoms with Gasteiger partial charge in [0, 0.05) is 11.4 Å². The molecule has 2 heterocycles. The fourth-order valence-electron chi connectivity index (χ4n) is 2.30.